The lowest BCUT2D eigenvalue weighted by Crippen LogP contribution is -2.24. The third-order valence-electron chi connectivity index (χ3n) is 3.33. The quantitative estimate of drug-likeness (QED) is 0.829. The van der Waals surface area contributed by atoms with Crippen molar-refractivity contribution in [3.8, 4) is 0 Å². The highest BCUT2D eigenvalue weighted by Crippen LogP contribution is 2.22. The van der Waals surface area contributed by atoms with Crippen molar-refractivity contribution in [3.05, 3.63) is 53.6 Å². The van der Waals surface area contributed by atoms with Crippen molar-refractivity contribution in [2.45, 2.75) is 39.2 Å². The summed E-state index contributed by atoms with van der Waals surface area (Å²) < 4.78 is 0. The van der Waals surface area contributed by atoms with Gasteiger partial charge in [-0.2, -0.15) is 0 Å². The average molecular weight is 257 g/mol. The lowest BCUT2D eigenvalue weighted by Gasteiger charge is -2.17. The van der Waals surface area contributed by atoms with Crippen LogP contribution in [0, 0.1) is 0 Å². The van der Waals surface area contributed by atoms with Gasteiger partial charge in [-0.15, -0.1) is 0 Å². The second kappa shape index (κ2) is 6.53. The van der Waals surface area contributed by atoms with Crippen LogP contribution < -0.4 is 5.32 Å². The van der Waals surface area contributed by atoms with Crippen LogP contribution in [-0.2, 0) is 0 Å². The molecule has 0 aliphatic rings. The van der Waals surface area contributed by atoms with Crippen molar-refractivity contribution >= 4 is 0 Å². The molecule has 2 rings (SSSR count). The van der Waals surface area contributed by atoms with Gasteiger partial charge in [0.2, 0.25) is 0 Å². The van der Waals surface area contributed by atoms with E-state index in [1.165, 1.54) is 11.1 Å². The lowest BCUT2D eigenvalue weighted by molar-refractivity contribution is 0.576. The van der Waals surface area contributed by atoms with E-state index >= 15 is 0 Å². The van der Waals surface area contributed by atoms with E-state index in [0.29, 0.717) is 5.92 Å². The molecule has 0 saturated heterocycles. The molecule has 2 N–H and O–H groups in total. The van der Waals surface area contributed by atoms with Crippen LogP contribution in [0.25, 0.3) is 0 Å². The van der Waals surface area contributed by atoms with Crippen molar-refractivity contribution < 1.29 is 0 Å². The molecule has 1 heterocycles. The first-order chi connectivity index (χ1) is 9.22. The average Bonchev–Trinajstić information content (AvgIpc) is 2.94. The molecule has 3 heteroatoms. The second-order valence-electron chi connectivity index (χ2n) is 5.18. The van der Waals surface area contributed by atoms with Crippen molar-refractivity contribution in [1.82, 2.24) is 15.3 Å². The van der Waals surface area contributed by atoms with E-state index in [0.717, 1.165) is 18.8 Å². The molecule has 0 amide bonds. The van der Waals surface area contributed by atoms with E-state index < -0.39 is 0 Å². The van der Waals surface area contributed by atoms with Gasteiger partial charge in [-0.25, -0.2) is 4.98 Å². The molecule has 0 spiro atoms. The maximum absolute atomic E-state index is 4.39. The Morgan fingerprint density at radius 1 is 1.16 bits per heavy atom. The highest BCUT2D eigenvalue weighted by atomic mass is 15.0. The van der Waals surface area contributed by atoms with Gasteiger partial charge in [0, 0.05) is 12.4 Å². The van der Waals surface area contributed by atoms with Gasteiger partial charge in [0.05, 0.1) is 6.04 Å². The summed E-state index contributed by atoms with van der Waals surface area (Å²) >= 11 is 0. The number of imidazole rings is 1. The highest BCUT2D eigenvalue weighted by molar-refractivity contribution is 5.30. The number of benzene rings is 1. The van der Waals surface area contributed by atoms with Gasteiger partial charge in [-0.1, -0.05) is 45.0 Å². The molecule has 3 nitrogen and oxygen atoms in total. The Labute approximate surface area is 115 Å². The van der Waals surface area contributed by atoms with Gasteiger partial charge >= 0.3 is 0 Å². The maximum Gasteiger partial charge on any atom is 0.127 e. The zero-order valence-electron chi connectivity index (χ0n) is 12.0. The molecular weight excluding hydrogens is 234 g/mol. The van der Waals surface area contributed by atoms with Crippen LogP contribution in [0.3, 0.4) is 0 Å². The first kappa shape index (κ1) is 13.8. The fourth-order valence-corrected chi connectivity index (χ4v) is 2.17. The molecule has 2 aromatic rings. The molecule has 1 unspecified atom stereocenters. The Hall–Kier alpha value is -1.61. The van der Waals surface area contributed by atoms with Crippen LogP contribution in [0.1, 0.15) is 56.1 Å². The van der Waals surface area contributed by atoms with E-state index in [4.69, 9.17) is 0 Å². The first-order valence-electron chi connectivity index (χ1n) is 7.05. The normalized spacial score (nSPS) is 12.8. The Balaban J connectivity index is 2.22. The largest absolute Gasteiger partial charge is 0.347 e. The zero-order valence-corrected chi connectivity index (χ0v) is 12.0. The standard InChI is InChI=1S/C16H23N3/c1-4-9-17-15(16-18-10-11-19-16)14-7-5-13(6-8-14)12(2)3/h5-8,10-12,15,17H,4,9H2,1-3H3,(H,18,19). The molecule has 0 bridgehead atoms. The number of nitrogens with one attached hydrogen (secondary N) is 2. The topological polar surface area (TPSA) is 40.7 Å². The number of aromatic amines is 1. The van der Waals surface area contributed by atoms with Crippen molar-refractivity contribution in [2.24, 2.45) is 0 Å². The summed E-state index contributed by atoms with van der Waals surface area (Å²) in [5.41, 5.74) is 2.63. The molecule has 0 fully saturated rings. The van der Waals surface area contributed by atoms with Gasteiger partial charge in [-0.05, 0) is 30.0 Å². The van der Waals surface area contributed by atoms with E-state index in [-0.39, 0.29) is 6.04 Å². The molecule has 102 valence electrons. The second-order valence-corrected chi connectivity index (χ2v) is 5.18. The molecule has 0 aliphatic heterocycles. The third-order valence-corrected chi connectivity index (χ3v) is 3.33. The minimum Gasteiger partial charge on any atom is -0.347 e. The maximum atomic E-state index is 4.39. The Kier molecular flexibility index (Phi) is 4.74. The number of hydrogen-bond donors (Lipinski definition) is 2. The highest BCUT2D eigenvalue weighted by Gasteiger charge is 2.15. The van der Waals surface area contributed by atoms with E-state index in [1.807, 2.05) is 6.20 Å². The van der Waals surface area contributed by atoms with Gasteiger partial charge in [0.25, 0.3) is 0 Å². The summed E-state index contributed by atoms with van der Waals surface area (Å²) in [5, 5.41) is 3.54. The fourth-order valence-electron chi connectivity index (χ4n) is 2.17. The Morgan fingerprint density at radius 3 is 2.37 bits per heavy atom. The molecular formula is C16H23N3. The molecule has 1 aromatic heterocycles. The number of nitrogens with zero attached hydrogens (tertiary/aromatic N) is 1. The summed E-state index contributed by atoms with van der Waals surface area (Å²) in [6.07, 6.45) is 4.79. The smallest absolute Gasteiger partial charge is 0.127 e. The third kappa shape index (κ3) is 3.44. The Morgan fingerprint density at radius 2 is 1.84 bits per heavy atom. The fraction of sp³-hybridized carbons (Fsp3) is 0.438. The van der Waals surface area contributed by atoms with Crippen molar-refractivity contribution in [1.29, 1.82) is 0 Å². The minimum atomic E-state index is 0.149. The lowest BCUT2D eigenvalue weighted by atomic mass is 9.98. The molecule has 0 saturated carbocycles. The monoisotopic (exact) mass is 257 g/mol. The van der Waals surface area contributed by atoms with Crippen LogP contribution in [0.2, 0.25) is 0 Å². The molecule has 1 aromatic carbocycles. The van der Waals surface area contributed by atoms with Crippen LogP contribution in [0.4, 0.5) is 0 Å². The molecule has 1 atom stereocenters. The van der Waals surface area contributed by atoms with Gasteiger partial charge in [0.15, 0.2) is 0 Å². The summed E-state index contributed by atoms with van der Waals surface area (Å²) in [6, 6.07) is 8.97. The predicted octanol–water partition coefficient (Wildman–Crippen LogP) is 3.62. The summed E-state index contributed by atoms with van der Waals surface area (Å²) in [6.45, 7) is 7.59. The number of hydrogen-bond acceptors (Lipinski definition) is 2. The summed E-state index contributed by atoms with van der Waals surface area (Å²) in [4.78, 5) is 7.59. The Bertz CT molecular complexity index is 471. The van der Waals surface area contributed by atoms with Crippen molar-refractivity contribution in [3.63, 3.8) is 0 Å². The summed E-state index contributed by atoms with van der Waals surface area (Å²) in [5.74, 6) is 1.55. The number of aromatic nitrogens is 2. The van der Waals surface area contributed by atoms with Crippen LogP contribution in [0.5, 0.6) is 0 Å². The van der Waals surface area contributed by atoms with Gasteiger partial charge in [0.1, 0.15) is 5.82 Å². The first-order valence-corrected chi connectivity index (χ1v) is 7.05. The number of rotatable bonds is 6. The van der Waals surface area contributed by atoms with Crippen molar-refractivity contribution in [2.75, 3.05) is 6.54 Å². The van der Waals surface area contributed by atoms with E-state index in [2.05, 4.69) is 60.3 Å². The van der Waals surface area contributed by atoms with E-state index in [1.54, 1.807) is 6.20 Å². The zero-order chi connectivity index (χ0) is 13.7. The van der Waals surface area contributed by atoms with Gasteiger partial charge < -0.3 is 10.3 Å². The molecule has 19 heavy (non-hydrogen) atoms. The SMILES string of the molecule is CCCNC(c1ccc(C(C)C)cc1)c1ncc[nH]1. The summed E-state index contributed by atoms with van der Waals surface area (Å²) in [7, 11) is 0. The minimum absolute atomic E-state index is 0.149. The van der Waals surface area contributed by atoms with Crippen LogP contribution in [-0.4, -0.2) is 16.5 Å². The van der Waals surface area contributed by atoms with Gasteiger partial charge in [-0.3, -0.25) is 0 Å². The molecule has 0 radical (unpaired) electrons. The molecule has 0 aliphatic carbocycles. The van der Waals surface area contributed by atoms with Crippen LogP contribution in [0.15, 0.2) is 36.7 Å². The van der Waals surface area contributed by atoms with E-state index in [9.17, 15) is 0 Å². The number of H-pyrrole nitrogens is 1. The van der Waals surface area contributed by atoms with Crippen LogP contribution >= 0.6 is 0 Å². The predicted molar refractivity (Wildman–Crippen MR) is 79.3 cm³/mol.